The van der Waals surface area contributed by atoms with Gasteiger partial charge in [-0.1, -0.05) is 0 Å². The van der Waals surface area contributed by atoms with Gasteiger partial charge in [-0.25, -0.2) is 15.3 Å². The summed E-state index contributed by atoms with van der Waals surface area (Å²) in [6, 6.07) is 1.54. The third-order valence-electron chi connectivity index (χ3n) is 4.97. The van der Waals surface area contributed by atoms with Gasteiger partial charge < -0.3 is 9.47 Å². The van der Waals surface area contributed by atoms with Crippen LogP contribution in [0.25, 0.3) is 0 Å². The van der Waals surface area contributed by atoms with Crippen molar-refractivity contribution in [2.75, 3.05) is 13.2 Å². The molecule has 4 rings (SSSR count). The number of nitrogens with one attached hydrogen (secondary N) is 2. The second-order valence-corrected chi connectivity index (χ2v) is 7.39. The van der Waals surface area contributed by atoms with Gasteiger partial charge in [-0.3, -0.25) is 14.4 Å². The van der Waals surface area contributed by atoms with Crippen LogP contribution < -0.4 is 11.0 Å². The number of carbonyl (C=O) groups is 3. The van der Waals surface area contributed by atoms with Crippen LogP contribution >= 0.6 is 0 Å². The third-order valence-corrected chi connectivity index (χ3v) is 4.97. The lowest BCUT2D eigenvalue weighted by Gasteiger charge is -2.19. The van der Waals surface area contributed by atoms with Gasteiger partial charge in [-0.05, 0) is 51.5 Å². The maximum Gasteiger partial charge on any atom is 0.343 e. The summed E-state index contributed by atoms with van der Waals surface area (Å²) in [4.78, 5) is 45.5. The SMILES string of the molecule is CCOC(=O)C1CC(C2CC2)=NNC1=O.CCOC(=O)c1cc(C2CC2)n[nH]c1=O. The van der Waals surface area contributed by atoms with Crippen LogP contribution in [0.15, 0.2) is 16.0 Å². The molecular formula is C20H26N4O6. The van der Waals surface area contributed by atoms with E-state index < -0.39 is 23.4 Å². The zero-order chi connectivity index (χ0) is 21.7. The molecule has 2 N–H and O–H groups in total. The number of nitrogens with zero attached hydrogens (tertiary/aromatic N) is 2. The molecule has 1 unspecified atom stereocenters. The van der Waals surface area contributed by atoms with E-state index >= 15 is 0 Å². The highest BCUT2D eigenvalue weighted by Gasteiger charge is 2.38. The van der Waals surface area contributed by atoms with Gasteiger partial charge in [0, 0.05) is 18.1 Å². The molecule has 30 heavy (non-hydrogen) atoms. The molecule has 10 heteroatoms. The summed E-state index contributed by atoms with van der Waals surface area (Å²) in [5.41, 5.74) is 3.67. The summed E-state index contributed by atoms with van der Waals surface area (Å²) in [7, 11) is 0. The van der Waals surface area contributed by atoms with Crippen molar-refractivity contribution in [3.8, 4) is 0 Å². The molecule has 2 heterocycles. The van der Waals surface area contributed by atoms with E-state index in [9.17, 15) is 19.2 Å². The number of hydrogen-bond donors (Lipinski definition) is 2. The Hall–Kier alpha value is -3.04. The summed E-state index contributed by atoms with van der Waals surface area (Å²) >= 11 is 0. The van der Waals surface area contributed by atoms with Gasteiger partial charge in [-0.15, -0.1) is 0 Å². The summed E-state index contributed by atoms with van der Waals surface area (Å²) in [5.74, 6) is -1.19. The number of hydrogen-bond acceptors (Lipinski definition) is 8. The van der Waals surface area contributed by atoms with Crippen molar-refractivity contribution in [2.45, 2.75) is 51.9 Å². The molecule has 10 nitrogen and oxygen atoms in total. The molecule has 1 aliphatic heterocycles. The molecule has 1 amide bonds. The Balaban J connectivity index is 0.000000171. The van der Waals surface area contributed by atoms with Gasteiger partial charge in [0.05, 0.1) is 18.9 Å². The first-order valence-corrected chi connectivity index (χ1v) is 10.2. The van der Waals surface area contributed by atoms with Crippen LogP contribution in [0.2, 0.25) is 0 Å². The monoisotopic (exact) mass is 418 g/mol. The average Bonchev–Trinajstić information content (AvgIpc) is 3.62. The van der Waals surface area contributed by atoms with Crippen LogP contribution in [0, 0.1) is 11.8 Å². The molecule has 2 aliphatic carbocycles. The number of esters is 2. The van der Waals surface area contributed by atoms with Crippen LogP contribution in [0.4, 0.5) is 0 Å². The van der Waals surface area contributed by atoms with E-state index in [-0.39, 0.29) is 18.1 Å². The predicted octanol–water partition coefficient (Wildman–Crippen LogP) is 1.28. The van der Waals surface area contributed by atoms with E-state index in [1.54, 1.807) is 13.8 Å². The molecule has 3 aliphatic rings. The molecule has 0 aromatic carbocycles. The average molecular weight is 418 g/mol. The topological polar surface area (TPSA) is 140 Å². The summed E-state index contributed by atoms with van der Waals surface area (Å²) in [6.07, 6.45) is 4.80. The first-order chi connectivity index (χ1) is 14.4. The molecule has 162 valence electrons. The number of aromatic nitrogens is 2. The largest absolute Gasteiger partial charge is 0.465 e. The highest BCUT2D eigenvalue weighted by molar-refractivity contribution is 6.05. The Bertz CT molecular complexity index is 901. The Morgan fingerprint density at radius 1 is 1.07 bits per heavy atom. The Kier molecular flexibility index (Phi) is 6.96. The minimum absolute atomic E-state index is 0.0498. The zero-order valence-corrected chi connectivity index (χ0v) is 17.1. The quantitative estimate of drug-likeness (QED) is 0.524. The lowest BCUT2D eigenvalue weighted by molar-refractivity contribution is -0.152. The maximum absolute atomic E-state index is 11.5. The standard InChI is InChI=1S/C10H14N2O3.C10H12N2O3/c2*1-2-15-10(14)7-5-8(6-3-4-6)11-12-9(7)13/h6-7H,2-5H2,1H3,(H,12,13);5-6H,2-4H2,1H3,(H,12,13). The molecule has 1 atom stereocenters. The van der Waals surface area contributed by atoms with Crippen LogP contribution in [-0.2, 0) is 19.1 Å². The highest BCUT2D eigenvalue weighted by Crippen LogP contribution is 2.38. The molecule has 0 radical (unpaired) electrons. The van der Waals surface area contributed by atoms with Crippen molar-refractivity contribution in [1.82, 2.24) is 15.6 Å². The fourth-order valence-electron chi connectivity index (χ4n) is 3.03. The number of rotatable bonds is 6. The summed E-state index contributed by atoms with van der Waals surface area (Å²) in [5, 5.41) is 10.2. The van der Waals surface area contributed by atoms with Crippen LogP contribution in [-0.4, -0.2) is 47.0 Å². The van der Waals surface area contributed by atoms with Crippen molar-refractivity contribution < 1.29 is 23.9 Å². The molecule has 0 saturated heterocycles. The Morgan fingerprint density at radius 3 is 2.33 bits per heavy atom. The van der Waals surface area contributed by atoms with Crippen LogP contribution in [0.3, 0.4) is 0 Å². The normalized spacial score (nSPS) is 20.3. The van der Waals surface area contributed by atoms with E-state index in [4.69, 9.17) is 9.47 Å². The van der Waals surface area contributed by atoms with Crippen LogP contribution in [0.5, 0.6) is 0 Å². The van der Waals surface area contributed by atoms with Gasteiger partial charge >= 0.3 is 11.9 Å². The molecule has 0 spiro atoms. The Labute approximate surface area is 173 Å². The van der Waals surface area contributed by atoms with Gasteiger partial charge in [0.1, 0.15) is 11.5 Å². The van der Waals surface area contributed by atoms with Crippen molar-refractivity contribution in [3.05, 3.63) is 27.7 Å². The fraction of sp³-hybridized carbons (Fsp3) is 0.600. The van der Waals surface area contributed by atoms with Gasteiger partial charge in [0.15, 0.2) is 0 Å². The number of H-pyrrole nitrogens is 1. The van der Waals surface area contributed by atoms with E-state index in [0.717, 1.165) is 37.1 Å². The van der Waals surface area contributed by atoms with E-state index in [1.807, 2.05) is 0 Å². The second-order valence-electron chi connectivity index (χ2n) is 7.39. The number of amides is 1. The fourth-order valence-corrected chi connectivity index (χ4v) is 3.03. The maximum atomic E-state index is 11.5. The number of aromatic amines is 1. The first kappa shape index (κ1) is 21.7. The Morgan fingerprint density at radius 2 is 1.73 bits per heavy atom. The third kappa shape index (κ3) is 5.52. The van der Waals surface area contributed by atoms with Crippen molar-refractivity contribution in [1.29, 1.82) is 0 Å². The van der Waals surface area contributed by atoms with E-state index in [0.29, 0.717) is 24.9 Å². The first-order valence-electron chi connectivity index (χ1n) is 10.2. The number of carbonyl (C=O) groups excluding carboxylic acids is 3. The van der Waals surface area contributed by atoms with Crippen molar-refractivity contribution >= 4 is 23.6 Å². The smallest absolute Gasteiger partial charge is 0.343 e. The van der Waals surface area contributed by atoms with Crippen molar-refractivity contribution in [3.63, 3.8) is 0 Å². The molecule has 2 saturated carbocycles. The summed E-state index contributed by atoms with van der Waals surface area (Å²) in [6.45, 7) is 4.00. The number of hydrazone groups is 1. The summed E-state index contributed by atoms with van der Waals surface area (Å²) < 4.78 is 9.62. The van der Waals surface area contributed by atoms with Gasteiger partial charge in [0.2, 0.25) is 0 Å². The van der Waals surface area contributed by atoms with Crippen molar-refractivity contribution in [2.24, 2.45) is 16.9 Å². The lowest BCUT2D eigenvalue weighted by Crippen LogP contribution is -2.40. The van der Waals surface area contributed by atoms with E-state index in [1.165, 1.54) is 6.07 Å². The van der Waals surface area contributed by atoms with E-state index in [2.05, 4.69) is 20.7 Å². The second kappa shape index (κ2) is 9.64. The lowest BCUT2D eigenvalue weighted by atomic mass is 9.97. The minimum atomic E-state index is -0.696. The molecule has 2 fully saturated rings. The molecule has 1 aromatic rings. The zero-order valence-electron chi connectivity index (χ0n) is 17.1. The van der Waals surface area contributed by atoms with Crippen LogP contribution in [0.1, 0.15) is 67.9 Å². The van der Waals surface area contributed by atoms with Gasteiger partial charge in [-0.2, -0.15) is 10.2 Å². The van der Waals surface area contributed by atoms with Gasteiger partial charge in [0.25, 0.3) is 11.5 Å². The minimum Gasteiger partial charge on any atom is -0.465 e. The molecule has 0 bridgehead atoms. The number of ether oxygens (including phenoxy) is 2. The molecule has 1 aromatic heterocycles. The predicted molar refractivity (Wildman–Crippen MR) is 106 cm³/mol. The molecular weight excluding hydrogens is 392 g/mol. The highest BCUT2D eigenvalue weighted by atomic mass is 16.5.